The van der Waals surface area contributed by atoms with E-state index in [0.29, 0.717) is 5.92 Å². The van der Waals surface area contributed by atoms with Crippen LogP contribution in [0.2, 0.25) is 0 Å². The highest BCUT2D eigenvalue weighted by Crippen LogP contribution is 2.25. The molecular weight excluding hydrogens is 166 g/mol. The van der Waals surface area contributed by atoms with Gasteiger partial charge in [0.25, 0.3) is 0 Å². The third-order valence-corrected chi connectivity index (χ3v) is 3.27. The monoisotopic (exact) mass is 183 g/mol. The summed E-state index contributed by atoms with van der Waals surface area (Å²) in [5, 5.41) is 2.17. The quantitative estimate of drug-likeness (QED) is 0.765. The van der Waals surface area contributed by atoms with Gasteiger partial charge in [0.2, 0.25) is 0 Å². The minimum atomic E-state index is 0.222. The van der Waals surface area contributed by atoms with E-state index in [1.54, 1.807) is 11.3 Å². The summed E-state index contributed by atoms with van der Waals surface area (Å²) in [4.78, 5) is 1.35. The lowest BCUT2D eigenvalue weighted by atomic mass is 9.95. The number of rotatable bonds is 3. The maximum Gasteiger partial charge on any atom is 0.0329 e. The van der Waals surface area contributed by atoms with Crippen molar-refractivity contribution in [2.24, 2.45) is 11.7 Å². The standard InChI is InChI=1S/C10H17NS/c1-4-7(2)10(11)9-5-8(3)12-6-9/h5-7,10H,4,11H2,1-3H3. The minimum absolute atomic E-state index is 0.222. The van der Waals surface area contributed by atoms with Gasteiger partial charge in [-0.05, 0) is 29.9 Å². The zero-order valence-electron chi connectivity index (χ0n) is 8.00. The average Bonchev–Trinajstić information content (AvgIpc) is 2.49. The third kappa shape index (κ3) is 2.08. The van der Waals surface area contributed by atoms with Crippen molar-refractivity contribution in [1.82, 2.24) is 0 Å². The third-order valence-electron chi connectivity index (χ3n) is 2.39. The van der Waals surface area contributed by atoms with Crippen LogP contribution in [0.4, 0.5) is 0 Å². The van der Waals surface area contributed by atoms with Gasteiger partial charge < -0.3 is 5.73 Å². The zero-order valence-corrected chi connectivity index (χ0v) is 8.82. The van der Waals surface area contributed by atoms with Gasteiger partial charge in [0, 0.05) is 10.9 Å². The Balaban J connectivity index is 2.70. The highest BCUT2D eigenvalue weighted by Gasteiger charge is 2.13. The number of thiophene rings is 1. The lowest BCUT2D eigenvalue weighted by Gasteiger charge is -2.16. The van der Waals surface area contributed by atoms with Crippen molar-refractivity contribution in [3.05, 3.63) is 21.9 Å². The Morgan fingerprint density at radius 3 is 2.67 bits per heavy atom. The molecule has 1 nitrogen and oxygen atoms in total. The molecule has 0 bridgehead atoms. The first-order chi connectivity index (χ1) is 5.65. The van der Waals surface area contributed by atoms with Crippen molar-refractivity contribution in [2.45, 2.75) is 33.2 Å². The van der Waals surface area contributed by atoms with Crippen LogP contribution in [0, 0.1) is 12.8 Å². The first-order valence-corrected chi connectivity index (χ1v) is 5.33. The first kappa shape index (κ1) is 9.75. The van der Waals surface area contributed by atoms with Crippen LogP contribution in [0.25, 0.3) is 0 Å². The predicted octanol–water partition coefficient (Wildman–Crippen LogP) is 3.10. The van der Waals surface area contributed by atoms with Gasteiger partial charge in [0.1, 0.15) is 0 Å². The Labute approximate surface area is 78.6 Å². The molecule has 0 amide bonds. The Kier molecular flexibility index (Phi) is 3.29. The van der Waals surface area contributed by atoms with Gasteiger partial charge in [-0.1, -0.05) is 20.3 Å². The van der Waals surface area contributed by atoms with Gasteiger partial charge in [-0.2, -0.15) is 0 Å². The van der Waals surface area contributed by atoms with E-state index in [-0.39, 0.29) is 6.04 Å². The fourth-order valence-corrected chi connectivity index (χ4v) is 1.97. The second kappa shape index (κ2) is 4.06. The average molecular weight is 183 g/mol. The van der Waals surface area contributed by atoms with Crippen molar-refractivity contribution >= 4 is 11.3 Å². The normalized spacial score (nSPS) is 16.0. The summed E-state index contributed by atoms with van der Waals surface area (Å²) in [5.74, 6) is 0.582. The highest BCUT2D eigenvalue weighted by atomic mass is 32.1. The molecule has 1 aromatic heterocycles. The molecule has 1 heterocycles. The van der Waals surface area contributed by atoms with Crippen molar-refractivity contribution in [3.8, 4) is 0 Å². The molecule has 0 aliphatic carbocycles. The number of nitrogens with two attached hydrogens (primary N) is 1. The maximum absolute atomic E-state index is 6.07. The van der Waals surface area contributed by atoms with E-state index in [0.717, 1.165) is 6.42 Å². The molecule has 0 aliphatic heterocycles. The molecule has 2 atom stereocenters. The van der Waals surface area contributed by atoms with Gasteiger partial charge in [-0.3, -0.25) is 0 Å². The van der Waals surface area contributed by atoms with E-state index < -0.39 is 0 Å². The molecule has 2 unspecified atom stereocenters. The van der Waals surface area contributed by atoms with Gasteiger partial charge >= 0.3 is 0 Å². The van der Waals surface area contributed by atoms with Crippen LogP contribution in [-0.2, 0) is 0 Å². The summed E-state index contributed by atoms with van der Waals surface area (Å²) >= 11 is 1.78. The van der Waals surface area contributed by atoms with Crippen LogP contribution < -0.4 is 5.73 Å². The molecule has 0 saturated heterocycles. The Hall–Kier alpha value is -0.340. The van der Waals surface area contributed by atoms with E-state index in [1.165, 1.54) is 10.4 Å². The summed E-state index contributed by atoms with van der Waals surface area (Å²) in [5.41, 5.74) is 7.37. The summed E-state index contributed by atoms with van der Waals surface area (Å²) in [6.07, 6.45) is 1.15. The lowest BCUT2D eigenvalue weighted by molar-refractivity contribution is 0.457. The lowest BCUT2D eigenvalue weighted by Crippen LogP contribution is -2.17. The SMILES string of the molecule is CCC(C)C(N)c1csc(C)c1. The molecular formula is C10H17NS. The largest absolute Gasteiger partial charge is 0.324 e. The molecule has 0 aromatic carbocycles. The van der Waals surface area contributed by atoms with Crippen molar-refractivity contribution in [3.63, 3.8) is 0 Å². The van der Waals surface area contributed by atoms with Crippen LogP contribution in [0.15, 0.2) is 11.4 Å². The van der Waals surface area contributed by atoms with Crippen LogP contribution in [-0.4, -0.2) is 0 Å². The minimum Gasteiger partial charge on any atom is -0.324 e. The molecule has 0 fully saturated rings. The van der Waals surface area contributed by atoms with Gasteiger partial charge in [-0.15, -0.1) is 11.3 Å². The first-order valence-electron chi connectivity index (χ1n) is 4.45. The molecule has 2 heteroatoms. The van der Waals surface area contributed by atoms with E-state index in [4.69, 9.17) is 5.73 Å². The summed E-state index contributed by atoms with van der Waals surface area (Å²) in [6.45, 7) is 6.51. The van der Waals surface area contributed by atoms with E-state index in [9.17, 15) is 0 Å². The molecule has 0 saturated carbocycles. The van der Waals surface area contributed by atoms with Crippen LogP contribution in [0.1, 0.15) is 36.8 Å². The second-order valence-corrected chi connectivity index (χ2v) is 4.52. The van der Waals surface area contributed by atoms with Crippen molar-refractivity contribution in [2.75, 3.05) is 0 Å². The Morgan fingerprint density at radius 1 is 1.58 bits per heavy atom. The summed E-state index contributed by atoms with van der Waals surface area (Å²) in [7, 11) is 0. The number of hydrogen-bond donors (Lipinski definition) is 1. The molecule has 0 aliphatic rings. The maximum atomic E-state index is 6.07. The van der Waals surface area contributed by atoms with Gasteiger partial charge in [0.15, 0.2) is 0 Å². The van der Waals surface area contributed by atoms with Crippen LogP contribution in [0.3, 0.4) is 0 Å². The molecule has 1 aromatic rings. The molecule has 2 N–H and O–H groups in total. The predicted molar refractivity (Wildman–Crippen MR) is 55.4 cm³/mol. The molecule has 68 valence electrons. The fourth-order valence-electron chi connectivity index (χ4n) is 1.22. The fraction of sp³-hybridized carbons (Fsp3) is 0.600. The highest BCUT2D eigenvalue weighted by molar-refractivity contribution is 7.10. The smallest absolute Gasteiger partial charge is 0.0329 e. The van der Waals surface area contributed by atoms with E-state index >= 15 is 0 Å². The summed E-state index contributed by atoms with van der Waals surface area (Å²) in [6, 6.07) is 2.42. The topological polar surface area (TPSA) is 26.0 Å². The van der Waals surface area contributed by atoms with E-state index in [2.05, 4.69) is 32.2 Å². The van der Waals surface area contributed by atoms with Gasteiger partial charge in [0.05, 0.1) is 0 Å². The number of aryl methyl sites for hydroxylation is 1. The van der Waals surface area contributed by atoms with Gasteiger partial charge in [-0.25, -0.2) is 0 Å². The van der Waals surface area contributed by atoms with Crippen LogP contribution in [0.5, 0.6) is 0 Å². The van der Waals surface area contributed by atoms with Crippen LogP contribution >= 0.6 is 11.3 Å². The second-order valence-electron chi connectivity index (χ2n) is 3.40. The zero-order chi connectivity index (χ0) is 9.14. The molecule has 0 radical (unpaired) electrons. The van der Waals surface area contributed by atoms with Crippen molar-refractivity contribution < 1.29 is 0 Å². The Bertz CT molecular complexity index is 242. The Morgan fingerprint density at radius 2 is 2.25 bits per heavy atom. The number of hydrogen-bond acceptors (Lipinski definition) is 2. The molecule has 12 heavy (non-hydrogen) atoms. The molecule has 0 spiro atoms. The van der Waals surface area contributed by atoms with Crippen molar-refractivity contribution in [1.29, 1.82) is 0 Å². The summed E-state index contributed by atoms with van der Waals surface area (Å²) < 4.78 is 0. The van der Waals surface area contributed by atoms with E-state index in [1.807, 2.05) is 0 Å². The molecule has 1 rings (SSSR count).